The van der Waals surface area contributed by atoms with Gasteiger partial charge in [0, 0.05) is 40.8 Å². The lowest BCUT2D eigenvalue weighted by Gasteiger charge is -2.17. The molecule has 1 amide bonds. The van der Waals surface area contributed by atoms with Gasteiger partial charge in [0.25, 0.3) is 5.91 Å². The van der Waals surface area contributed by atoms with Crippen LogP contribution in [0.25, 0.3) is 38.5 Å². The van der Waals surface area contributed by atoms with E-state index in [-0.39, 0.29) is 18.9 Å². The second-order valence-electron chi connectivity index (χ2n) is 11.2. The van der Waals surface area contributed by atoms with Gasteiger partial charge in [-0.05, 0) is 77.8 Å². The molecule has 1 aliphatic carbocycles. The molecule has 226 valence electrons. The first-order chi connectivity index (χ1) is 22.0. The first kappa shape index (κ1) is 30.0. The third kappa shape index (κ3) is 7.56. The van der Waals surface area contributed by atoms with E-state index >= 15 is 0 Å². The number of hydrogen-bond donors (Lipinski definition) is 3. The standard InChI is InChI=1S/C38H35N3O3S/c42-36(43)21-22-39-37(44)31-13-11-26(12-14-31)24-40-34-20-19-32(28-9-5-2-6-10-28)23-33(34)38-41-35(25-45-38)30-17-15-29(16-18-30)27-7-3-1-4-8-27/h1,3-4,7-9,11-20,23,25,40H,2,5-6,10,21-22,24H2,(H,39,44)(H,42,43). The second-order valence-corrected chi connectivity index (χ2v) is 12.0. The SMILES string of the molecule is O=C(O)CCNC(=O)c1ccc(CNc2ccc(C3=CCCCC3)cc2-c2nc(-c3ccc(-c4ccccc4)cc3)cs2)cc1. The maximum Gasteiger partial charge on any atom is 0.305 e. The summed E-state index contributed by atoms with van der Waals surface area (Å²) >= 11 is 1.65. The van der Waals surface area contributed by atoms with Crippen molar-refractivity contribution in [3.8, 4) is 33.0 Å². The van der Waals surface area contributed by atoms with E-state index in [1.807, 2.05) is 18.2 Å². The van der Waals surface area contributed by atoms with Crippen molar-refractivity contribution < 1.29 is 14.7 Å². The smallest absolute Gasteiger partial charge is 0.305 e. The number of amides is 1. The van der Waals surface area contributed by atoms with Crippen LogP contribution in [0.3, 0.4) is 0 Å². The number of hydrogen-bond acceptors (Lipinski definition) is 5. The summed E-state index contributed by atoms with van der Waals surface area (Å²) in [6, 6.07) is 32.9. The minimum absolute atomic E-state index is 0.102. The van der Waals surface area contributed by atoms with Gasteiger partial charge in [0.2, 0.25) is 0 Å². The van der Waals surface area contributed by atoms with E-state index < -0.39 is 5.97 Å². The van der Waals surface area contributed by atoms with Gasteiger partial charge in [0.05, 0.1) is 12.1 Å². The van der Waals surface area contributed by atoms with Gasteiger partial charge in [-0.25, -0.2) is 4.98 Å². The number of aliphatic carboxylic acids is 1. The molecule has 0 fully saturated rings. The van der Waals surface area contributed by atoms with Crippen molar-refractivity contribution in [3.05, 3.63) is 125 Å². The highest BCUT2D eigenvalue weighted by Gasteiger charge is 2.15. The molecular formula is C38H35N3O3S. The van der Waals surface area contributed by atoms with Gasteiger partial charge >= 0.3 is 5.97 Å². The van der Waals surface area contributed by atoms with Gasteiger partial charge < -0.3 is 15.7 Å². The molecule has 6 nitrogen and oxygen atoms in total. The third-order valence-corrected chi connectivity index (χ3v) is 8.90. The molecule has 5 aromatic rings. The number of carbonyl (C=O) groups excluding carboxylic acids is 1. The largest absolute Gasteiger partial charge is 0.481 e. The summed E-state index contributed by atoms with van der Waals surface area (Å²) in [4.78, 5) is 28.2. The fraction of sp³-hybridized carbons (Fsp3) is 0.184. The number of anilines is 1. The molecule has 6 rings (SSSR count). The molecule has 0 spiro atoms. The predicted molar refractivity (Wildman–Crippen MR) is 183 cm³/mol. The predicted octanol–water partition coefficient (Wildman–Crippen LogP) is 8.92. The Labute approximate surface area is 267 Å². The monoisotopic (exact) mass is 613 g/mol. The van der Waals surface area contributed by atoms with Gasteiger partial charge in [0.1, 0.15) is 5.01 Å². The Hall–Kier alpha value is -5.01. The summed E-state index contributed by atoms with van der Waals surface area (Å²) in [6.45, 7) is 0.680. The van der Waals surface area contributed by atoms with E-state index in [1.165, 1.54) is 35.1 Å². The van der Waals surface area contributed by atoms with E-state index in [1.54, 1.807) is 23.5 Å². The zero-order chi connectivity index (χ0) is 31.0. The van der Waals surface area contributed by atoms with Gasteiger partial charge in [-0.3, -0.25) is 9.59 Å². The summed E-state index contributed by atoms with van der Waals surface area (Å²) < 4.78 is 0. The van der Waals surface area contributed by atoms with Crippen molar-refractivity contribution in [1.29, 1.82) is 0 Å². The van der Waals surface area contributed by atoms with Crippen LogP contribution >= 0.6 is 11.3 Å². The molecule has 45 heavy (non-hydrogen) atoms. The van der Waals surface area contributed by atoms with Gasteiger partial charge in [-0.15, -0.1) is 11.3 Å². The molecule has 0 saturated carbocycles. The number of rotatable bonds is 11. The Kier molecular flexibility index (Phi) is 9.47. The van der Waals surface area contributed by atoms with Crippen molar-refractivity contribution in [2.24, 2.45) is 0 Å². The van der Waals surface area contributed by atoms with Crippen LogP contribution in [0.2, 0.25) is 0 Å². The van der Waals surface area contributed by atoms with Crippen LogP contribution < -0.4 is 10.6 Å². The van der Waals surface area contributed by atoms with E-state index in [9.17, 15) is 9.59 Å². The lowest BCUT2D eigenvalue weighted by Crippen LogP contribution is -2.25. The minimum atomic E-state index is -0.939. The van der Waals surface area contributed by atoms with Crippen LogP contribution in [-0.4, -0.2) is 28.5 Å². The van der Waals surface area contributed by atoms with Crippen LogP contribution in [0.15, 0.2) is 109 Å². The summed E-state index contributed by atoms with van der Waals surface area (Å²) in [6.07, 6.45) is 6.95. The van der Waals surface area contributed by atoms with Crippen LogP contribution in [0.4, 0.5) is 5.69 Å². The Morgan fingerprint density at radius 2 is 1.56 bits per heavy atom. The normalized spacial score (nSPS) is 12.8. The number of carbonyl (C=O) groups is 2. The Morgan fingerprint density at radius 1 is 0.822 bits per heavy atom. The molecule has 1 aromatic heterocycles. The molecule has 0 unspecified atom stereocenters. The molecule has 7 heteroatoms. The van der Waals surface area contributed by atoms with Crippen molar-refractivity contribution in [3.63, 3.8) is 0 Å². The number of carboxylic acids is 1. The number of benzene rings is 4. The number of allylic oxidation sites excluding steroid dienone is 2. The minimum Gasteiger partial charge on any atom is -0.481 e. The zero-order valence-electron chi connectivity index (χ0n) is 25.0. The average Bonchev–Trinajstić information content (AvgIpc) is 3.58. The fourth-order valence-electron chi connectivity index (χ4n) is 5.53. The van der Waals surface area contributed by atoms with E-state index in [0.29, 0.717) is 12.1 Å². The van der Waals surface area contributed by atoms with Crippen molar-refractivity contribution in [2.75, 3.05) is 11.9 Å². The number of thiazole rings is 1. The van der Waals surface area contributed by atoms with Crippen molar-refractivity contribution in [2.45, 2.75) is 38.6 Å². The van der Waals surface area contributed by atoms with Gasteiger partial charge in [-0.1, -0.05) is 78.9 Å². The Morgan fingerprint density at radius 3 is 2.29 bits per heavy atom. The van der Waals surface area contributed by atoms with Gasteiger partial charge in [0.15, 0.2) is 0 Å². The van der Waals surface area contributed by atoms with E-state index in [2.05, 4.69) is 88.8 Å². The molecular weight excluding hydrogens is 579 g/mol. The number of nitrogens with one attached hydrogen (secondary N) is 2. The highest BCUT2D eigenvalue weighted by molar-refractivity contribution is 7.13. The van der Waals surface area contributed by atoms with E-state index in [0.717, 1.165) is 45.9 Å². The second kappa shape index (κ2) is 14.2. The van der Waals surface area contributed by atoms with Crippen LogP contribution in [0.5, 0.6) is 0 Å². The fourth-order valence-corrected chi connectivity index (χ4v) is 6.38. The number of nitrogens with zero attached hydrogens (tertiary/aromatic N) is 1. The summed E-state index contributed by atoms with van der Waals surface area (Å²) in [5.74, 6) is -1.22. The average molecular weight is 614 g/mol. The molecule has 0 saturated heterocycles. The molecule has 4 aromatic carbocycles. The third-order valence-electron chi connectivity index (χ3n) is 8.03. The first-order valence-electron chi connectivity index (χ1n) is 15.3. The quantitative estimate of drug-likeness (QED) is 0.138. The Balaban J connectivity index is 1.22. The molecule has 0 radical (unpaired) electrons. The maximum absolute atomic E-state index is 12.3. The van der Waals surface area contributed by atoms with Crippen LogP contribution in [0, 0.1) is 0 Å². The lowest BCUT2D eigenvalue weighted by molar-refractivity contribution is -0.136. The van der Waals surface area contributed by atoms with Crippen LogP contribution in [-0.2, 0) is 11.3 Å². The van der Waals surface area contributed by atoms with Crippen molar-refractivity contribution in [1.82, 2.24) is 10.3 Å². The number of carboxylic acid groups (broad SMARTS) is 1. The molecule has 0 bridgehead atoms. The highest BCUT2D eigenvalue weighted by Crippen LogP contribution is 2.37. The van der Waals surface area contributed by atoms with Gasteiger partial charge in [-0.2, -0.15) is 0 Å². The summed E-state index contributed by atoms with van der Waals surface area (Å²) in [5, 5.41) is 18.1. The van der Waals surface area contributed by atoms with E-state index in [4.69, 9.17) is 10.1 Å². The first-order valence-corrected chi connectivity index (χ1v) is 16.2. The highest BCUT2D eigenvalue weighted by atomic mass is 32.1. The summed E-state index contributed by atoms with van der Waals surface area (Å²) in [5.41, 5.74) is 10.7. The van der Waals surface area contributed by atoms with Crippen molar-refractivity contribution >= 4 is 34.5 Å². The lowest BCUT2D eigenvalue weighted by atomic mass is 9.92. The Bertz CT molecular complexity index is 1810. The molecule has 0 aliphatic heterocycles. The topological polar surface area (TPSA) is 91.3 Å². The van der Waals surface area contributed by atoms with Crippen LogP contribution in [0.1, 0.15) is 53.6 Å². The maximum atomic E-state index is 12.3. The summed E-state index contributed by atoms with van der Waals surface area (Å²) in [7, 11) is 0. The molecule has 1 aliphatic rings. The zero-order valence-corrected chi connectivity index (χ0v) is 25.8. The molecule has 3 N–H and O–H groups in total. The molecule has 0 atom stereocenters. The molecule has 1 heterocycles. The number of aromatic nitrogens is 1.